The number of amides is 1. The second-order valence-corrected chi connectivity index (χ2v) is 6.65. The quantitative estimate of drug-likeness (QED) is 0.635. The van der Waals surface area contributed by atoms with Crippen LogP contribution >= 0.6 is 12.4 Å². The molecule has 0 saturated heterocycles. The Balaban J connectivity index is 0.00000280. The van der Waals surface area contributed by atoms with Gasteiger partial charge in [0.2, 0.25) is 0 Å². The Labute approximate surface area is 171 Å². The summed E-state index contributed by atoms with van der Waals surface area (Å²) >= 11 is 0. The number of carbonyl (C=O) groups excluding carboxylic acids is 1. The lowest BCUT2D eigenvalue weighted by Gasteiger charge is -2.21. The Morgan fingerprint density at radius 2 is 1.93 bits per heavy atom. The van der Waals surface area contributed by atoms with Gasteiger partial charge in [-0.15, -0.1) is 12.4 Å². The van der Waals surface area contributed by atoms with Gasteiger partial charge in [-0.05, 0) is 31.9 Å². The highest BCUT2D eigenvalue weighted by atomic mass is 35.5. The van der Waals surface area contributed by atoms with E-state index in [1.54, 1.807) is 11.0 Å². The number of benzene rings is 1. The first-order chi connectivity index (χ1) is 13.0. The van der Waals surface area contributed by atoms with Gasteiger partial charge < -0.3 is 10.6 Å². The van der Waals surface area contributed by atoms with Crippen molar-refractivity contribution < 1.29 is 4.79 Å². The lowest BCUT2D eigenvalue weighted by atomic mass is 10.1. The first-order valence-electron chi connectivity index (χ1n) is 9.10. The fourth-order valence-electron chi connectivity index (χ4n) is 3.25. The van der Waals surface area contributed by atoms with E-state index in [0.717, 1.165) is 29.1 Å². The summed E-state index contributed by atoms with van der Waals surface area (Å²) in [4.78, 5) is 14.7. The minimum absolute atomic E-state index is 0. The van der Waals surface area contributed by atoms with Gasteiger partial charge in [-0.2, -0.15) is 10.2 Å². The number of aromatic amines is 1. The van der Waals surface area contributed by atoms with Crippen LogP contribution in [0.3, 0.4) is 0 Å². The van der Waals surface area contributed by atoms with Gasteiger partial charge in [-0.3, -0.25) is 14.6 Å². The lowest BCUT2D eigenvalue weighted by molar-refractivity contribution is 0.0756. The zero-order valence-electron chi connectivity index (χ0n) is 16.5. The molecule has 3 aromatic rings. The standard InChI is InChI=1S/C20H26N6O.ClH/c1-14-19(15(2)25(3)24-14)17-13-18(23-22-17)20(27)26(12-10-21)11-9-16-7-5-4-6-8-16;/h4-8,13H,9-12,21H2,1-3H3,(H,22,23);1H. The summed E-state index contributed by atoms with van der Waals surface area (Å²) in [6.45, 7) is 5.47. The van der Waals surface area contributed by atoms with Crippen molar-refractivity contribution in [2.75, 3.05) is 19.6 Å². The Morgan fingerprint density at radius 3 is 2.54 bits per heavy atom. The van der Waals surface area contributed by atoms with E-state index < -0.39 is 0 Å². The Hall–Kier alpha value is -2.64. The Bertz CT molecular complexity index is 918. The van der Waals surface area contributed by atoms with E-state index in [2.05, 4.69) is 27.4 Å². The number of hydrogen-bond donors (Lipinski definition) is 2. The van der Waals surface area contributed by atoms with Crippen LogP contribution in [0.1, 0.15) is 27.4 Å². The maximum atomic E-state index is 13.0. The highest BCUT2D eigenvalue weighted by Gasteiger charge is 2.20. The maximum absolute atomic E-state index is 13.0. The van der Waals surface area contributed by atoms with Crippen LogP contribution in [0.2, 0.25) is 0 Å². The highest BCUT2D eigenvalue weighted by molar-refractivity contribution is 5.93. The summed E-state index contributed by atoms with van der Waals surface area (Å²) in [5.41, 5.74) is 11.0. The van der Waals surface area contributed by atoms with E-state index >= 15 is 0 Å². The third-order valence-electron chi connectivity index (χ3n) is 4.77. The summed E-state index contributed by atoms with van der Waals surface area (Å²) < 4.78 is 1.82. The molecule has 0 fully saturated rings. The molecule has 1 aromatic carbocycles. The number of nitrogens with two attached hydrogens (primary N) is 1. The molecule has 0 saturated carbocycles. The van der Waals surface area contributed by atoms with E-state index in [0.29, 0.717) is 25.3 Å². The monoisotopic (exact) mass is 402 g/mol. The summed E-state index contributed by atoms with van der Waals surface area (Å²) in [6.07, 6.45) is 0.786. The molecule has 0 unspecified atom stereocenters. The van der Waals surface area contributed by atoms with Crippen LogP contribution in [0, 0.1) is 13.8 Å². The average molecular weight is 403 g/mol. The number of nitrogens with zero attached hydrogens (tertiary/aromatic N) is 4. The highest BCUT2D eigenvalue weighted by Crippen LogP contribution is 2.25. The predicted octanol–water partition coefficient (Wildman–Crippen LogP) is 2.49. The molecule has 3 N–H and O–H groups in total. The van der Waals surface area contributed by atoms with Crippen LogP contribution in [0.15, 0.2) is 36.4 Å². The second-order valence-electron chi connectivity index (χ2n) is 6.65. The number of carbonyl (C=O) groups is 1. The first kappa shape index (κ1) is 21.7. The molecule has 1 amide bonds. The second kappa shape index (κ2) is 9.52. The molecule has 3 rings (SSSR count). The zero-order valence-corrected chi connectivity index (χ0v) is 17.3. The third-order valence-corrected chi connectivity index (χ3v) is 4.77. The van der Waals surface area contributed by atoms with Crippen molar-refractivity contribution in [1.82, 2.24) is 24.9 Å². The molecule has 8 heteroatoms. The molecule has 7 nitrogen and oxygen atoms in total. The van der Waals surface area contributed by atoms with Crippen molar-refractivity contribution in [3.63, 3.8) is 0 Å². The minimum atomic E-state index is -0.0886. The van der Waals surface area contributed by atoms with Gasteiger partial charge in [-0.1, -0.05) is 30.3 Å². The molecule has 0 spiro atoms. The van der Waals surface area contributed by atoms with Gasteiger partial charge in [0.15, 0.2) is 0 Å². The summed E-state index contributed by atoms with van der Waals surface area (Å²) in [7, 11) is 1.90. The Morgan fingerprint density at radius 1 is 1.21 bits per heavy atom. The molecule has 2 heterocycles. The van der Waals surface area contributed by atoms with Gasteiger partial charge in [0.25, 0.3) is 5.91 Å². The normalized spacial score (nSPS) is 10.6. The van der Waals surface area contributed by atoms with Crippen molar-refractivity contribution in [2.45, 2.75) is 20.3 Å². The SMILES string of the molecule is Cc1nn(C)c(C)c1-c1cc(C(=O)N(CCN)CCc2ccccc2)[nH]n1.Cl. The van der Waals surface area contributed by atoms with Crippen molar-refractivity contribution >= 4 is 18.3 Å². The fraction of sp³-hybridized carbons (Fsp3) is 0.350. The maximum Gasteiger partial charge on any atom is 0.271 e. The van der Waals surface area contributed by atoms with Gasteiger partial charge >= 0.3 is 0 Å². The van der Waals surface area contributed by atoms with Crippen molar-refractivity contribution in [2.24, 2.45) is 12.8 Å². The molecule has 0 aliphatic rings. The van der Waals surface area contributed by atoms with E-state index in [4.69, 9.17) is 5.73 Å². The zero-order chi connectivity index (χ0) is 19.4. The molecule has 150 valence electrons. The van der Waals surface area contributed by atoms with Crippen LogP contribution in [-0.2, 0) is 13.5 Å². The van der Waals surface area contributed by atoms with Gasteiger partial charge in [-0.25, -0.2) is 0 Å². The summed E-state index contributed by atoms with van der Waals surface area (Å²) in [6, 6.07) is 11.9. The van der Waals surface area contributed by atoms with E-state index in [1.165, 1.54) is 5.56 Å². The number of rotatable bonds is 7. The average Bonchev–Trinajstić information content (AvgIpc) is 3.23. The minimum Gasteiger partial charge on any atom is -0.336 e. The van der Waals surface area contributed by atoms with Crippen LogP contribution in [0.5, 0.6) is 0 Å². The largest absolute Gasteiger partial charge is 0.336 e. The van der Waals surface area contributed by atoms with E-state index in [9.17, 15) is 4.79 Å². The third kappa shape index (κ3) is 4.61. The van der Waals surface area contributed by atoms with Crippen molar-refractivity contribution in [3.05, 3.63) is 59.0 Å². The molecule has 0 bridgehead atoms. The topological polar surface area (TPSA) is 92.8 Å². The van der Waals surface area contributed by atoms with Crippen molar-refractivity contribution in [1.29, 1.82) is 0 Å². The molecular weight excluding hydrogens is 376 g/mol. The number of aryl methyl sites for hydroxylation is 2. The smallest absolute Gasteiger partial charge is 0.271 e. The first-order valence-corrected chi connectivity index (χ1v) is 9.10. The molecular formula is C20H27ClN6O. The molecule has 0 aliphatic heterocycles. The van der Waals surface area contributed by atoms with E-state index in [1.807, 2.05) is 43.8 Å². The molecule has 28 heavy (non-hydrogen) atoms. The van der Waals surface area contributed by atoms with Crippen molar-refractivity contribution in [3.8, 4) is 11.3 Å². The number of H-pyrrole nitrogens is 1. The number of nitrogens with one attached hydrogen (secondary N) is 1. The summed E-state index contributed by atoms with van der Waals surface area (Å²) in [5.74, 6) is -0.0886. The molecule has 0 aliphatic carbocycles. The molecule has 0 radical (unpaired) electrons. The molecule has 2 aromatic heterocycles. The van der Waals surface area contributed by atoms with Crippen LogP contribution < -0.4 is 5.73 Å². The van der Waals surface area contributed by atoms with E-state index in [-0.39, 0.29) is 18.3 Å². The van der Waals surface area contributed by atoms with Gasteiger partial charge in [0.1, 0.15) is 5.69 Å². The van der Waals surface area contributed by atoms with Gasteiger partial charge in [0, 0.05) is 37.9 Å². The lowest BCUT2D eigenvalue weighted by Crippen LogP contribution is -2.37. The van der Waals surface area contributed by atoms with Crippen LogP contribution in [0.25, 0.3) is 11.3 Å². The fourth-order valence-corrected chi connectivity index (χ4v) is 3.25. The van der Waals surface area contributed by atoms with Crippen LogP contribution in [-0.4, -0.2) is 50.4 Å². The summed E-state index contributed by atoms with van der Waals surface area (Å²) in [5, 5.41) is 11.7. The van der Waals surface area contributed by atoms with Gasteiger partial charge in [0.05, 0.1) is 11.4 Å². The predicted molar refractivity (Wildman–Crippen MR) is 113 cm³/mol. The number of hydrogen-bond acceptors (Lipinski definition) is 4. The number of aromatic nitrogens is 4. The molecule has 0 atom stereocenters. The van der Waals surface area contributed by atoms with Crippen LogP contribution in [0.4, 0.5) is 0 Å². The Kier molecular flexibility index (Phi) is 7.37. The number of halogens is 1.